The molecule has 0 bridgehead atoms. The molecule has 1 amide bonds. The second-order valence-corrected chi connectivity index (χ2v) is 14.2. The summed E-state index contributed by atoms with van der Waals surface area (Å²) in [6, 6.07) is 5.61. The lowest BCUT2D eigenvalue weighted by Gasteiger charge is -2.44. The van der Waals surface area contributed by atoms with Crippen LogP contribution in [0.3, 0.4) is 0 Å². The van der Waals surface area contributed by atoms with Crippen LogP contribution in [0.2, 0.25) is 5.02 Å². The van der Waals surface area contributed by atoms with Crippen molar-refractivity contribution >= 4 is 33.3 Å². The minimum Gasteiger partial charge on any atom is -0.481 e. The van der Waals surface area contributed by atoms with E-state index in [9.17, 15) is 53.8 Å². The van der Waals surface area contributed by atoms with E-state index < -0.39 is 62.0 Å². The fourth-order valence-corrected chi connectivity index (χ4v) is 9.63. The Kier molecular flexibility index (Phi) is 8.05. The Morgan fingerprint density at radius 1 is 0.864 bits per heavy atom. The number of rotatable bonds is 5. The van der Waals surface area contributed by atoms with Crippen LogP contribution < -0.4 is 0 Å². The molecule has 1 saturated carbocycles. The van der Waals surface area contributed by atoms with Gasteiger partial charge >= 0.3 is 24.0 Å². The lowest BCUT2D eigenvalue weighted by molar-refractivity contribution is -0.348. The van der Waals surface area contributed by atoms with Gasteiger partial charge in [-0.25, -0.2) is 12.8 Å². The molecule has 1 aliphatic heterocycles. The number of benzene rings is 2. The third-order valence-corrected chi connectivity index (χ3v) is 12.2. The predicted octanol–water partition coefficient (Wildman–Crippen LogP) is 6.74. The Morgan fingerprint density at radius 2 is 1.43 bits per heavy atom. The first-order chi connectivity index (χ1) is 20.4. The number of nitrogens with zero attached hydrogens (tertiary/aromatic N) is 1. The third-order valence-electron chi connectivity index (χ3n) is 9.38. The highest BCUT2D eigenvalue weighted by atomic mass is 35.5. The summed E-state index contributed by atoms with van der Waals surface area (Å²) in [6.45, 7) is -0.0749. The van der Waals surface area contributed by atoms with Gasteiger partial charge in [-0.1, -0.05) is 29.8 Å². The van der Waals surface area contributed by atoms with Gasteiger partial charge in [0.15, 0.2) is 9.84 Å². The number of carboxylic acid groups (broad SMARTS) is 1. The van der Waals surface area contributed by atoms with Crippen molar-refractivity contribution in [3.05, 3.63) is 64.2 Å². The molecule has 6 nitrogen and oxygen atoms in total. The molecule has 0 radical (unpaired) electrons. The van der Waals surface area contributed by atoms with E-state index in [1.54, 1.807) is 0 Å². The van der Waals surface area contributed by atoms with Crippen LogP contribution in [-0.2, 0) is 36.3 Å². The van der Waals surface area contributed by atoms with E-state index in [4.69, 9.17) is 11.6 Å². The summed E-state index contributed by atoms with van der Waals surface area (Å²) in [4.78, 5) is 26.3. The molecule has 1 heterocycles. The van der Waals surface area contributed by atoms with E-state index in [0.717, 1.165) is 6.07 Å². The Labute approximate surface area is 253 Å². The number of carbonyl (C=O) groups excluding carboxylic acids is 1. The maximum atomic E-state index is 15.0. The largest absolute Gasteiger partial charge is 0.481 e. The number of aliphatic carboxylic acids is 1. The lowest BCUT2D eigenvalue weighted by atomic mass is 9.76. The number of alkyl halides is 7. The van der Waals surface area contributed by atoms with Gasteiger partial charge in [0.05, 0.1) is 16.9 Å². The van der Waals surface area contributed by atoms with Crippen LogP contribution in [0.15, 0.2) is 47.4 Å². The van der Waals surface area contributed by atoms with Crippen molar-refractivity contribution in [3.63, 3.8) is 0 Å². The molecule has 3 aliphatic rings. The van der Waals surface area contributed by atoms with E-state index in [1.807, 2.05) is 0 Å². The molecular weight excluding hydrogens is 643 g/mol. The van der Waals surface area contributed by atoms with Crippen molar-refractivity contribution in [3.8, 4) is 0 Å². The first-order valence-corrected chi connectivity index (χ1v) is 15.7. The fourth-order valence-electron chi connectivity index (χ4n) is 7.14. The van der Waals surface area contributed by atoms with Gasteiger partial charge in [0.2, 0.25) is 5.91 Å². The Bertz CT molecular complexity index is 1560. The Balaban J connectivity index is 1.62. The number of halogens is 8. The van der Waals surface area contributed by atoms with E-state index >= 15 is 0 Å². The summed E-state index contributed by atoms with van der Waals surface area (Å²) in [5.74, 6) is -2.53. The number of likely N-dealkylation sites (tertiary alicyclic amines) is 1. The van der Waals surface area contributed by atoms with Gasteiger partial charge in [-0.15, -0.1) is 0 Å². The summed E-state index contributed by atoms with van der Waals surface area (Å²) in [5.41, 5.74) is -7.69. The smallest absolute Gasteiger partial charge is 0.435 e. The highest BCUT2D eigenvalue weighted by Gasteiger charge is 2.74. The first kappa shape index (κ1) is 32.5. The van der Waals surface area contributed by atoms with Crippen molar-refractivity contribution in [2.45, 2.75) is 78.7 Å². The third kappa shape index (κ3) is 4.87. The number of carbonyl (C=O) groups is 2. The van der Waals surface area contributed by atoms with Gasteiger partial charge in [-0.2, -0.15) is 26.3 Å². The molecule has 15 heteroatoms. The maximum Gasteiger partial charge on any atom is 0.435 e. The topological polar surface area (TPSA) is 91.8 Å². The Morgan fingerprint density at radius 3 is 1.98 bits per heavy atom. The molecule has 1 saturated heterocycles. The molecule has 0 spiro atoms. The summed E-state index contributed by atoms with van der Waals surface area (Å²) >= 11 is 5.95. The molecule has 2 atom stereocenters. The van der Waals surface area contributed by atoms with Gasteiger partial charge in [0, 0.05) is 23.0 Å². The van der Waals surface area contributed by atoms with Crippen LogP contribution in [0.1, 0.15) is 55.2 Å². The average Bonchev–Trinajstić information content (AvgIpc) is 3.37. The SMILES string of the molecule is O=C(O)C1CCC(C(=O)N2CC[C@@]3(S(=O)(=O)c4ccc(Cl)cc4)c4ccc(C(F)(C(F)(F)F)C(F)(F)F)cc4CC[C@@H]23)CC1. The summed E-state index contributed by atoms with van der Waals surface area (Å²) in [7, 11) is -4.48. The van der Waals surface area contributed by atoms with Crippen molar-refractivity contribution < 1.29 is 53.8 Å². The molecule has 44 heavy (non-hydrogen) atoms. The van der Waals surface area contributed by atoms with Crippen molar-refractivity contribution in [1.29, 1.82) is 0 Å². The van der Waals surface area contributed by atoms with Crippen molar-refractivity contribution in [2.24, 2.45) is 11.8 Å². The summed E-state index contributed by atoms with van der Waals surface area (Å²) < 4.78 is 123. The molecule has 2 aromatic carbocycles. The predicted molar refractivity (Wildman–Crippen MR) is 143 cm³/mol. The van der Waals surface area contributed by atoms with Gasteiger partial charge in [0.1, 0.15) is 4.75 Å². The quantitative estimate of drug-likeness (QED) is 0.357. The number of sulfone groups is 1. The standard InChI is InChI=1S/C29H27ClF7NO5S/c30-20-7-9-21(10-8-20)44(42,43)26-13-14-38(24(39)16-1-3-17(4-2-16)25(40)41)23(26)12-5-18-15-19(6-11-22(18)26)27(31,28(32,33)34)29(35,36)37/h6-11,15-17,23H,1-5,12-14H2,(H,40,41)/t16?,17?,23-,26-/m1/s1. The average molecular weight is 670 g/mol. The van der Waals surface area contributed by atoms with Crippen LogP contribution in [-0.4, -0.2) is 55.2 Å². The van der Waals surface area contributed by atoms with Crippen LogP contribution in [0.5, 0.6) is 0 Å². The second kappa shape index (κ2) is 10.9. The van der Waals surface area contributed by atoms with Crippen LogP contribution >= 0.6 is 11.6 Å². The number of amides is 1. The summed E-state index contributed by atoms with van der Waals surface area (Å²) in [6.07, 6.45) is -12.2. The molecule has 0 aromatic heterocycles. The van der Waals surface area contributed by atoms with Crippen molar-refractivity contribution in [1.82, 2.24) is 4.90 Å². The zero-order chi connectivity index (χ0) is 32.5. The van der Waals surface area contributed by atoms with Crippen LogP contribution in [0.25, 0.3) is 0 Å². The van der Waals surface area contributed by atoms with E-state index in [2.05, 4.69) is 0 Å². The molecule has 5 rings (SSSR count). The molecule has 240 valence electrons. The number of fused-ring (bicyclic) bond motifs is 3. The monoisotopic (exact) mass is 669 g/mol. The number of hydrogen-bond acceptors (Lipinski definition) is 4. The molecular formula is C29H27ClF7NO5S. The normalized spacial score (nSPS) is 26.2. The molecule has 0 unspecified atom stereocenters. The van der Waals surface area contributed by atoms with Gasteiger partial charge < -0.3 is 10.0 Å². The van der Waals surface area contributed by atoms with Crippen molar-refractivity contribution in [2.75, 3.05) is 6.54 Å². The van der Waals surface area contributed by atoms with Crippen LogP contribution in [0, 0.1) is 11.8 Å². The van der Waals surface area contributed by atoms with E-state index in [1.165, 1.54) is 29.2 Å². The van der Waals surface area contributed by atoms with Gasteiger partial charge in [-0.3, -0.25) is 9.59 Å². The first-order valence-electron chi connectivity index (χ1n) is 13.9. The summed E-state index contributed by atoms with van der Waals surface area (Å²) in [5, 5.41) is 9.52. The highest BCUT2D eigenvalue weighted by molar-refractivity contribution is 7.92. The van der Waals surface area contributed by atoms with Crippen LogP contribution in [0.4, 0.5) is 30.7 Å². The number of carboxylic acids is 1. The fraction of sp³-hybridized carbons (Fsp3) is 0.517. The van der Waals surface area contributed by atoms with E-state index in [-0.39, 0.29) is 78.4 Å². The van der Waals surface area contributed by atoms with E-state index in [0.29, 0.717) is 12.1 Å². The molecule has 2 aromatic rings. The van der Waals surface area contributed by atoms with Gasteiger partial charge in [-0.05, 0) is 80.3 Å². The Hall–Kier alpha value is -2.87. The number of aryl methyl sites for hydroxylation is 1. The zero-order valence-corrected chi connectivity index (χ0v) is 24.5. The number of hydrogen-bond donors (Lipinski definition) is 1. The minimum atomic E-state index is -6.35. The maximum absolute atomic E-state index is 15.0. The lowest BCUT2D eigenvalue weighted by Crippen LogP contribution is -2.53. The highest BCUT2D eigenvalue weighted by Crippen LogP contribution is 2.57. The zero-order valence-electron chi connectivity index (χ0n) is 22.9. The molecule has 2 fully saturated rings. The second-order valence-electron chi connectivity index (χ2n) is 11.6. The molecule has 1 N–H and O–H groups in total. The molecule has 2 aliphatic carbocycles. The van der Waals surface area contributed by atoms with Gasteiger partial charge in [0.25, 0.3) is 0 Å². The minimum absolute atomic E-state index is 0.0749.